The molecule has 7 nitrogen and oxygen atoms in total. The standard InChI is InChI=1S/C29H31FN4O3/c1-18(2)37-26-12-10-21(17-31-26)27-23-14-19(9-11-25(23)33-34-27)28(35)32-22-7-5-13-29(36,16-22)15-20-6-3-4-8-24(20)30/h3-4,6,8-12,14,17-18,22,36H,5,7,13,15-16H2,1-2H3,(H,32,35)(H,33,34)/t22-,29+/m1/s1. The summed E-state index contributed by atoms with van der Waals surface area (Å²) in [5.41, 5.74) is 2.26. The van der Waals surface area contributed by atoms with Crippen molar-refractivity contribution in [2.24, 2.45) is 0 Å². The highest BCUT2D eigenvalue weighted by molar-refractivity contribution is 6.01. The number of rotatable bonds is 7. The van der Waals surface area contributed by atoms with Gasteiger partial charge in [-0.3, -0.25) is 9.89 Å². The normalized spacial score (nSPS) is 19.8. The Bertz CT molecular complexity index is 1400. The van der Waals surface area contributed by atoms with Crippen LogP contribution in [0, 0.1) is 5.82 Å². The van der Waals surface area contributed by atoms with Crippen molar-refractivity contribution < 1.29 is 19.0 Å². The summed E-state index contributed by atoms with van der Waals surface area (Å²) in [5, 5.41) is 22.5. The van der Waals surface area contributed by atoms with Crippen LogP contribution in [0.5, 0.6) is 5.88 Å². The van der Waals surface area contributed by atoms with Crippen LogP contribution in [0.4, 0.5) is 4.39 Å². The molecule has 1 aliphatic carbocycles. The minimum atomic E-state index is -1.06. The lowest BCUT2D eigenvalue weighted by molar-refractivity contribution is -0.00685. The first kappa shape index (κ1) is 24.9. The van der Waals surface area contributed by atoms with Crippen LogP contribution in [0.15, 0.2) is 60.8 Å². The van der Waals surface area contributed by atoms with Gasteiger partial charge < -0.3 is 15.2 Å². The van der Waals surface area contributed by atoms with E-state index in [9.17, 15) is 14.3 Å². The molecule has 3 N–H and O–H groups in total. The average molecular weight is 503 g/mol. The third kappa shape index (κ3) is 5.64. The SMILES string of the molecule is CC(C)Oc1ccc(-c2n[nH]c3ccc(C(=O)N[C@@H]4CCC[C@](O)(Cc5ccccc5F)C4)cc23)cn1. The molecule has 1 amide bonds. The molecule has 1 aliphatic rings. The number of hydrogen-bond donors (Lipinski definition) is 3. The van der Waals surface area contributed by atoms with Gasteiger partial charge >= 0.3 is 0 Å². The van der Waals surface area contributed by atoms with Crippen LogP contribution in [0.3, 0.4) is 0 Å². The first-order valence-corrected chi connectivity index (χ1v) is 12.7. The van der Waals surface area contributed by atoms with Crippen LogP contribution in [0.2, 0.25) is 0 Å². The minimum absolute atomic E-state index is 0.0327. The molecule has 2 atom stereocenters. The van der Waals surface area contributed by atoms with Gasteiger partial charge in [0.05, 0.1) is 17.2 Å². The largest absolute Gasteiger partial charge is 0.475 e. The van der Waals surface area contributed by atoms with E-state index in [1.54, 1.807) is 36.5 Å². The Hall–Kier alpha value is -3.78. The van der Waals surface area contributed by atoms with Gasteiger partial charge in [-0.25, -0.2) is 9.37 Å². The Balaban J connectivity index is 1.31. The Kier molecular flexibility index (Phi) is 6.93. The number of nitrogens with zero attached hydrogens (tertiary/aromatic N) is 2. The van der Waals surface area contributed by atoms with Crippen molar-refractivity contribution in [1.29, 1.82) is 0 Å². The number of carbonyl (C=O) groups is 1. The number of pyridine rings is 1. The molecule has 0 unspecified atom stereocenters. The molecule has 8 heteroatoms. The van der Waals surface area contributed by atoms with Crippen LogP contribution < -0.4 is 10.1 Å². The minimum Gasteiger partial charge on any atom is -0.475 e. The lowest BCUT2D eigenvalue weighted by Crippen LogP contribution is -2.46. The van der Waals surface area contributed by atoms with Gasteiger partial charge in [0, 0.05) is 41.2 Å². The third-order valence-corrected chi connectivity index (χ3v) is 6.82. The summed E-state index contributed by atoms with van der Waals surface area (Å²) in [6.07, 6.45) is 4.44. The number of amides is 1. The van der Waals surface area contributed by atoms with Crippen molar-refractivity contribution in [2.45, 2.75) is 63.7 Å². The molecule has 2 heterocycles. The Morgan fingerprint density at radius 2 is 2.08 bits per heavy atom. The number of aliphatic hydroxyl groups is 1. The molecule has 1 saturated carbocycles. The molecule has 0 aliphatic heterocycles. The smallest absolute Gasteiger partial charge is 0.251 e. The van der Waals surface area contributed by atoms with E-state index in [4.69, 9.17) is 4.74 Å². The first-order chi connectivity index (χ1) is 17.8. The number of aromatic nitrogens is 3. The van der Waals surface area contributed by atoms with Crippen molar-refractivity contribution in [2.75, 3.05) is 0 Å². The number of nitrogens with one attached hydrogen (secondary N) is 2. The lowest BCUT2D eigenvalue weighted by Gasteiger charge is -2.37. The van der Waals surface area contributed by atoms with Gasteiger partial charge in [0.15, 0.2) is 0 Å². The van der Waals surface area contributed by atoms with Crippen LogP contribution in [0.25, 0.3) is 22.2 Å². The monoisotopic (exact) mass is 502 g/mol. The number of aromatic amines is 1. The molecule has 4 aromatic rings. The van der Waals surface area contributed by atoms with E-state index >= 15 is 0 Å². The van der Waals surface area contributed by atoms with E-state index in [1.807, 2.05) is 32.0 Å². The molecular weight excluding hydrogens is 471 g/mol. The predicted octanol–water partition coefficient (Wildman–Crippen LogP) is 5.20. The Morgan fingerprint density at radius 1 is 1.24 bits per heavy atom. The van der Waals surface area contributed by atoms with Crippen molar-refractivity contribution in [3.05, 3.63) is 77.7 Å². The maximum atomic E-state index is 14.2. The zero-order valence-corrected chi connectivity index (χ0v) is 21.0. The molecule has 0 bridgehead atoms. The molecular formula is C29H31FN4O3. The van der Waals surface area contributed by atoms with Gasteiger partial charge in [-0.2, -0.15) is 5.10 Å². The molecule has 0 radical (unpaired) electrons. The number of fused-ring (bicyclic) bond motifs is 1. The van der Waals surface area contributed by atoms with Gasteiger partial charge in [0.2, 0.25) is 5.88 Å². The molecule has 2 aromatic heterocycles. The molecule has 37 heavy (non-hydrogen) atoms. The molecule has 5 rings (SSSR count). The molecule has 192 valence electrons. The third-order valence-electron chi connectivity index (χ3n) is 6.82. The summed E-state index contributed by atoms with van der Waals surface area (Å²) in [7, 11) is 0. The number of halogens is 1. The van der Waals surface area contributed by atoms with Crippen LogP contribution in [-0.4, -0.2) is 43.9 Å². The summed E-state index contributed by atoms with van der Waals surface area (Å²) < 4.78 is 19.8. The fourth-order valence-electron chi connectivity index (χ4n) is 5.10. The van der Waals surface area contributed by atoms with E-state index in [2.05, 4.69) is 20.5 Å². The molecule has 2 aromatic carbocycles. The van der Waals surface area contributed by atoms with Crippen LogP contribution in [-0.2, 0) is 6.42 Å². The summed E-state index contributed by atoms with van der Waals surface area (Å²) in [6, 6.07) is 15.4. The highest BCUT2D eigenvalue weighted by atomic mass is 19.1. The van der Waals surface area contributed by atoms with Gasteiger partial charge in [0.1, 0.15) is 11.5 Å². The van der Waals surface area contributed by atoms with Gasteiger partial charge in [0.25, 0.3) is 5.91 Å². The topological polar surface area (TPSA) is 100 Å². The van der Waals surface area contributed by atoms with Crippen molar-refractivity contribution in [3.63, 3.8) is 0 Å². The second-order valence-corrected chi connectivity index (χ2v) is 10.1. The van der Waals surface area contributed by atoms with Gasteiger partial charge in [-0.05, 0) is 75.4 Å². The summed E-state index contributed by atoms with van der Waals surface area (Å²) in [5.74, 6) is 0.0118. The zero-order chi connectivity index (χ0) is 26.0. The summed E-state index contributed by atoms with van der Waals surface area (Å²) >= 11 is 0. The van der Waals surface area contributed by atoms with E-state index in [0.717, 1.165) is 29.3 Å². The van der Waals surface area contributed by atoms with E-state index in [0.29, 0.717) is 35.5 Å². The molecule has 1 fully saturated rings. The van der Waals surface area contributed by atoms with E-state index in [-0.39, 0.29) is 30.3 Å². The number of benzene rings is 2. The number of ether oxygens (including phenoxy) is 1. The van der Waals surface area contributed by atoms with E-state index in [1.165, 1.54) is 6.07 Å². The Labute approximate surface area is 215 Å². The van der Waals surface area contributed by atoms with Crippen LogP contribution >= 0.6 is 0 Å². The maximum absolute atomic E-state index is 14.2. The first-order valence-electron chi connectivity index (χ1n) is 12.7. The van der Waals surface area contributed by atoms with Crippen molar-refractivity contribution in [1.82, 2.24) is 20.5 Å². The molecule has 0 saturated heterocycles. The quantitative estimate of drug-likeness (QED) is 0.323. The van der Waals surface area contributed by atoms with Gasteiger partial charge in [-0.1, -0.05) is 18.2 Å². The second kappa shape index (κ2) is 10.3. The molecule has 0 spiro atoms. The number of H-pyrrole nitrogens is 1. The summed E-state index contributed by atoms with van der Waals surface area (Å²) in [6.45, 7) is 3.89. The van der Waals surface area contributed by atoms with Crippen molar-refractivity contribution in [3.8, 4) is 17.1 Å². The number of hydrogen-bond acceptors (Lipinski definition) is 5. The highest BCUT2D eigenvalue weighted by Crippen LogP contribution is 2.33. The fourth-order valence-corrected chi connectivity index (χ4v) is 5.10. The second-order valence-electron chi connectivity index (χ2n) is 10.1. The fraction of sp³-hybridized carbons (Fsp3) is 0.345. The van der Waals surface area contributed by atoms with Crippen LogP contribution in [0.1, 0.15) is 55.5 Å². The van der Waals surface area contributed by atoms with Gasteiger partial charge in [-0.15, -0.1) is 0 Å². The number of carbonyl (C=O) groups excluding carboxylic acids is 1. The zero-order valence-electron chi connectivity index (χ0n) is 21.0. The lowest BCUT2D eigenvalue weighted by atomic mass is 9.78. The predicted molar refractivity (Wildman–Crippen MR) is 140 cm³/mol. The van der Waals surface area contributed by atoms with Crippen molar-refractivity contribution >= 4 is 16.8 Å². The average Bonchev–Trinajstić information content (AvgIpc) is 3.29. The van der Waals surface area contributed by atoms with E-state index < -0.39 is 5.60 Å². The Morgan fingerprint density at radius 3 is 2.84 bits per heavy atom. The highest BCUT2D eigenvalue weighted by Gasteiger charge is 2.35. The summed E-state index contributed by atoms with van der Waals surface area (Å²) in [4.78, 5) is 17.5. The maximum Gasteiger partial charge on any atom is 0.251 e.